The fraction of sp³-hybridized carbons (Fsp3) is 0.368. The summed E-state index contributed by atoms with van der Waals surface area (Å²) in [5.41, 5.74) is 1.52. The molecule has 6 heteroatoms. The number of ketones is 1. The number of thiophene rings is 1. The van der Waals surface area contributed by atoms with Crippen LogP contribution in [0.5, 0.6) is 0 Å². The predicted octanol–water partition coefficient (Wildman–Crippen LogP) is 3.34. The van der Waals surface area contributed by atoms with Gasteiger partial charge in [0.2, 0.25) is 0 Å². The highest BCUT2D eigenvalue weighted by Gasteiger charge is 2.16. The van der Waals surface area contributed by atoms with E-state index in [1.807, 2.05) is 29.6 Å². The second kappa shape index (κ2) is 8.78. The smallest absolute Gasteiger partial charge is 0.251 e. The minimum absolute atomic E-state index is 0.0880. The van der Waals surface area contributed by atoms with Crippen LogP contribution in [0, 0.1) is 0 Å². The quantitative estimate of drug-likeness (QED) is 0.710. The molecule has 1 amide bonds. The molecular weight excluding hydrogens is 336 g/mol. The highest BCUT2D eigenvalue weighted by atomic mass is 32.1. The third kappa shape index (κ3) is 5.14. The molecule has 0 saturated carbocycles. The van der Waals surface area contributed by atoms with Gasteiger partial charge < -0.3 is 15.4 Å². The van der Waals surface area contributed by atoms with Crippen molar-refractivity contribution in [1.82, 2.24) is 5.32 Å². The summed E-state index contributed by atoms with van der Waals surface area (Å²) in [4.78, 5) is 24.8. The van der Waals surface area contributed by atoms with Crippen LogP contribution in [-0.4, -0.2) is 37.5 Å². The number of ether oxygens (including phenoxy) is 1. The maximum Gasteiger partial charge on any atom is 0.251 e. The molecule has 1 unspecified atom stereocenters. The van der Waals surface area contributed by atoms with E-state index < -0.39 is 0 Å². The normalized spacial score (nSPS) is 16.6. The van der Waals surface area contributed by atoms with Gasteiger partial charge in [-0.25, -0.2) is 0 Å². The summed E-state index contributed by atoms with van der Waals surface area (Å²) in [7, 11) is 0. The zero-order valence-corrected chi connectivity index (χ0v) is 14.8. The van der Waals surface area contributed by atoms with E-state index in [1.54, 1.807) is 12.1 Å². The first-order valence-electron chi connectivity index (χ1n) is 8.53. The van der Waals surface area contributed by atoms with Crippen LogP contribution < -0.4 is 10.6 Å². The number of anilines is 1. The van der Waals surface area contributed by atoms with E-state index in [0.717, 1.165) is 30.0 Å². The molecular formula is C19H22N2O3S. The van der Waals surface area contributed by atoms with Crippen molar-refractivity contribution in [2.24, 2.45) is 0 Å². The Balaban J connectivity index is 1.42. The summed E-state index contributed by atoms with van der Waals surface area (Å²) < 4.78 is 5.50. The number of nitrogens with one attached hydrogen (secondary N) is 2. The van der Waals surface area contributed by atoms with Gasteiger partial charge in [0.15, 0.2) is 5.78 Å². The van der Waals surface area contributed by atoms with E-state index in [9.17, 15) is 9.59 Å². The van der Waals surface area contributed by atoms with Crippen molar-refractivity contribution in [3.05, 3.63) is 52.2 Å². The summed E-state index contributed by atoms with van der Waals surface area (Å²) in [6, 6.07) is 11.0. The lowest BCUT2D eigenvalue weighted by molar-refractivity contribution is 0.0857. The first-order chi connectivity index (χ1) is 12.2. The van der Waals surface area contributed by atoms with Crippen LogP contribution >= 0.6 is 11.3 Å². The number of hydrogen-bond acceptors (Lipinski definition) is 5. The molecule has 1 atom stereocenters. The number of carbonyl (C=O) groups is 2. The molecule has 0 bridgehead atoms. The van der Waals surface area contributed by atoms with Gasteiger partial charge in [0.25, 0.3) is 5.91 Å². The first-order valence-corrected chi connectivity index (χ1v) is 9.41. The molecule has 1 aromatic carbocycles. The Morgan fingerprint density at radius 3 is 2.72 bits per heavy atom. The average Bonchev–Trinajstić information content (AvgIpc) is 3.34. The molecule has 132 valence electrons. The van der Waals surface area contributed by atoms with Crippen molar-refractivity contribution in [1.29, 1.82) is 0 Å². The van der Waals surface area contributed by atoms with E-state index in [0.29, 0.717) is 25.1 Å². The molecule has 0 spiro atoms. The zero-order chi connectivity index (χ0) is 17.5. The Labute approximate surface area is 151 Å². The van der Waals surface area contributed by atoms with E-state index in [4.69, 9.17) is 4.74 Å². The van der Waals surface area contributed by atoms with Crippen LogP contribution in [0.2, 0.25) is 0 Å². The summed E-state index contributed by atoms with van der Waals surface area (Å²) in [5.74, 6) is 0.0579. The molecule has 3 rings (SSSR count). The van der Waals surface area contributed by atoms with Gasteiger partial charge in [-0.1, -0.05) is 6.07 Å². The Morgan fingerprint density at radius 2 is 2.04 bits per heavy atom. The topological polar surface area (TPSA) is 67.4 Å². The molecule has 1 saturated heterocycles. The lowest BCUT2D eigenvalue weighted by Crippen LogP contribution is -2.31. The summed E-state index contributed by atoms with van der Waals surface area (Å²) in [6.07, 6.45) is 2.67. The molecule has 2 heterocycles. The number of rotatable bonds is 8. The lowest BCUT2D eigenvalue weighted by atomic mass is 10.1. The maximum absolute atomic E-state index is 12.1. The third-order valence-corrected chi connectivity index (χ3v) is 5.05. The second-order valence-electron chi connectivity index (χ2n) is 6.00. The largest absolute Gasteiger partial charge is 0.385 e. The van der Waals surface area contributed by atoms with Crippen LogP contribution in [0.25, 0.3) is 0 Å². The van der Waals surface area contributed by atoms with Crippen LogP contribution in [0.4, 0.5) is 5.69 Å². The molecule has 25 heavy (non-hydrogen) atoms. The Bertz CT molecular complexity index is 692. The summed E-state index contributed by atoms with van der Waals surface area (Å²) in [5, 5.41) is 8.02. The van der Waals surface area contributed by atoms with Gasteiger partial charge in [0.1, 0.15) is 0 Å². The molecule has 1 aromatic heterocycles. The number of amides is 1. The molecule has 1 aliphatic rings. The van der Waals surface area contributed by atoms with Crippen molar-refractivity contribution >= 4 is 28.7 Å². The molecule has 1 fully saturated rings. The van der Waals surface area contributed by atoms with Gasteiger partial charge in [0.05, 0.1) is 11.0 Å². The van der Waals surface area contributed by atoms with Gasteiger partial charge in [-0.15, -0.1) is 11.3 Å². The molecule has 0 aliphatic carbocycles. The summed E-state index contributed by atoms with van der Waals surface area (Å²) in [6.45, 7) is 1.92. The number of carbonyl (C=O) groups excluding carboxylic acids is 2. The van der Waals surface area contributed by atoms with E-state index in [2.05, 4.69) is 10.6 Å². The van der Waals surface area contributed by atoms with Crippen molar-refractivity contribution in [3.63, 3.8) is 0 Å². The number of benzene rings is 1. The van der Waals surface area contributed by atoms with E-state index in [-0.39, 0.29) is 17.8 Å². The van der Waals surface area contributed by atoms with Crippen LogP contribution in [0.15, 0.2) is 41.8 Å². The fourth-order valence-corrected chi connectivity index (χ4v) is 3.43. The third-order valence-electron chi connectivity index (χ3n) is 4.14. The SMILES string of the molecule is O=C(NCC1CCCO1)c1ccc(NCCC(=O)c2cccs2)cc1. The highest BCUT2D eigenvalue weighted by molar-refractivity contribution is 7.12. The van der Waals surface area contributed by atoms with Crippen molar-refractivity contribution in [3.8, 4) is 0 Å². The Morgan fingerprint density at radius 1 is 1.20 bits per heavy atom. The average molecular weight is 358 g/mol. The minimum Gasteiger partial charge on any atom is -0.385 e. The minimum atomic E-state index is -0.0880. The highest BCUT2D eigenvalue weighted by Crippen LogP contribution is 2.14. The van der Waals surface area contributed by atoms with Crippen molar-refractivity contribution < 1.29 is 14.3 Å². The number of Topliss-reactive ketones (excluding diaryl/α,β-unsaturated/α-hetero) is 1. The fourth-order valence-electron chi connectivity index (χ4n) is 2.73. The first kappa shape index (κ1) is 17.6. The Hall–Kier alpha value is -2.18. The lowest BCUT2D eigenvalue weighted by Gasteiger charge is -2.11. The van der Waals surface area contributed by atoms with Crippen LogP contribution in [-0.2, 0) is 4.74 Å². The van der Waals surface area contributed by atoms with Gasteiger partial charge >= 0.3 is 0 Å². The van der Waals surface area contributed by atoms with Crippen LogP contribution in [0.1, 0.15) is 39.3 Å². The van der Waals surface area contributed by atoms with Gasteiger partial charge in [-0.05, 0) is 48.6 Å². The monoisotopic (exact) mass is 358 g/mol. The van der Waals surface area contributed by atoms with Crippen LogP contribution in [0.3, 0.4) is 0 Å². The van der Waals surface area contributed by atoms with E-state index in [1.165, 1.54) is 11.3 Å². The molecule has 1 aliphatic heterocycles. The zero-order valence-electron chi connectivity index (χ0n) is 14.0. The van der Waals surface area contributed by atoms with E-state index >= 15 is 0 Å². The maximum atomic E-state index is 12.1. The summed E-state index contributed by atoms with van der Waals surface area (Å²) >= 11 is 1.47. The number of hydrogen-bond donors (Lipinski definition) is 2. The molecule has 2 aromatic rings. The Kier molecular flexibility index (Phi) is 6.19. The molecule has 0 radical (unpaired) electrons. The van der Waals surface area contributed by atoms with Crippen molar-refractivity contribution in [2.45, 2.75) is 25.4 Å². The predicted molar refractivity (Wildman–Crippen MR) is 99.5 cm³/mol. The molecule has 2 N–H and O–H groups in total. The van der Waals surface area contributed by atoms with Gasteiger partial charge in [-0.2, -0.15) is 0 Å². The second-order valence-corrected chi connectivity index (χ2v) is 6.95. The van der Waals surface area contributed by atoms with Crippen molar-refractivity contribution in [2.75, 3.05) is 25.0 Å². The standard InChI is InChI=1S/C19H22N2O3S/c22-17(18-4-2-12-25-18)9-10-20-15-7-5-14(6-8-15)19(23)21-13-16-3-1-11-24-16/h2,4-8,12,16,20H,1,3,9-11,13H2,(H,21,23). The molecule has 5 nitrogen and oxygen atoms in total. The van der Waals surface area contributed by atoms with Gasteiger partial charge in [-0.3, -0.25) is 9.59 Å². The van der Waals surface area contributed by atoms with Gasteiger partial charge in [0, 0.05) is 37.4 Å².